The van der Waals surface area contributed by atoms with E-state index >= 15 is 0 Å². The SMILES string of the molecule is CCC(=O)O/N=C(N)/C(N)=N/OC(=O)CC. The largest absolute Gasteiger partial charge is 0.378 e. The van der Waals surface area contributed by atoms with Crippen molar-refractivity contribution in [1.29, 1.82) is 0 Å². The Morgan fingerprint density at radius 1 is 0.938 bits per heavy atom. The van der Waals surface area contributed by atoms with E-state index in [0.29, 0.717) is 0 Å². The first-order chi connectivity index (χ1) is 7.51. The fourth-order valence-electron chi connectivity index (χ4n) is 0.423. The van der Waals surface area contributed by atoms with Crippen molar-refractivity contribution >= 4 is 23.6 Å². The van der Waals surface area contributed by atoms with Crippen LogP contribution < -0.4 is 11.5 Å². The van der Waals surface area contributed by atoms with Gasteiger partial charge in [0.05, 0.1) is 0 Å². The highest BCUT2D eigenvalue weighted by molar-refractivity contribution is 6.39. The van der Waals surface area contributed by atoms with Crippen molar-refractivity contribution in [2.24, 2.45) is 21.8 Å². The van der Waals surface area contributed by atoms with Crippen LogP contribution in [-0.4, -0.2) is 23.6 Å². The second-order valence-corrected chi connectivity index (χ2v) is 2.59. The summed E-state index contributed by atoms with van der Waals surface area (Å²) in [5.41, 5.74) is 10.5. The van der Waals surface area contributed by atoms with E-state index in [9.17, 15) is 9.59 Å². The molecule has 8 heteroatoms. The number of oxime groups is 2. The second kappa shape index (κ2) is 7.21. The quantitative estimate of drug-likeness (QED) is 0.288. The molecular weight excluding hydrogens is 216 g/mol. The highest BCUT2D eigenvalue weighted by Gasteiger charge is 2.05. The molecule has 0 saturated heterocycles. The number of nitrogens with two attached hydrogens (primary N) is 2. The fraction of sp³-hybridized carbons (Fsp3) is 0.500. The predicted molar refractivity (Wildman–Crippen MR) is 56.0 cm³/mol. The molecule has 0 aromatic rings. The summed E-state index contributed by atoms with van der Waals surface area (Å²) >= 11 is 0. The summed E-state index contributed by atoms with van der Waals surface area (Å²) in [6.07, 6.45) is 0.303. The Hall–Kier alpha value is -2.12. The summed E-state index contributed by atoms with van der Waals surface area (Å²) in [6.45, 7) is 3.18. The molecule has 0 atom stereocenters. The maximum atomic E-state index is 10.7. The lowest BCUT2D eigenvalue weighted by Gasteiger charge is -1.99. The van der Waals surface area contributed by atoms with E-state index in [-0.39, 0.29) is 24.5 Å². The molecule has 0 amide bonds. The molecule has 0 radical (unpaired) electrons. The predicted octanol–water partition coefficient (Wildman–Crippen LogP) is -0.563. The third kappa shape index (κ3) is 5.58. The Kier molecular flexibility index (Phi) is 6.25. The first kappa shape index (κ1) is 13.9. The number of amidine groups is 2. The highest BCUT2D eigenvalue weighted by atomic mass is 16.7. The Bertz CT molecular complexity index is 292. The minimum Gasteiger partial charge on any atom is -0.378 e. The Labute approximate surface area is 92.2 Å². The van der Waals surface area contributed by atoms with Crippen LogP contribution in [0.3, 0.4) is 0 Å². The summed E-state index contributed by atoms with van der Waals surface area (Å²) < 4.78 is 0. The van der Waals surface area contributed by atoms with Crippen molar-refractivity contribution in [3.8, 4) is 0 Å². The molecule has 0 fully saturated rings. The summed E-state index contributed by atoms with van der Waals surface area (Å²) in [6, 6.07) is 0. The summed E-state index contributed by atoms with van der Waals surface area (Å²) in [5.74, 6) is -1.82. The van der Waals surface area contributed by atoms with Crippen molar-refractivity contribution in [2.45, 2.75) is 26.7 Å². The molecule has 0 aromatic carbocycles. The highest BCUT2D eigenvalue weighted by Crippen LogP contribution is 1.88. The first-order valence-corrected chi connectivity index (χ1v) is 4.58. The van der Waals surface area contributed by atoms with Crippen LogP contribution in [-0.2, 0) is 19.3 Å². The van der Waals surface area contributed by atoms with Gasteiger partial charge in [0.2, 0.25) is 11.7 Å². The maximum absolute atomic E-state index is 10.7. The summed E-state index contributed by atoms with van der Waals surface area (Å²) in [7, 11) is 0. The fourth-order valence-corrected chi connectivity index (χ4v) is 0.423. The Balaban J connectivity index is 4.30. The van der Waals surface area contributed by atoms with Gasteiger partial charge in [0.25, 0.3) is 0 Å². The summed E-state index contributed by atoms with van der Waals surface area (Å²) in [4.78, 5) is 30.1. The number of rotatable bonds is 4. The van der Waals surface area contributed by atoms with Gasteiger partial charge in [-0.3, -0.25) is 0 Å². The lowest BCUT2D eigenvalue weighted by Crippen LogP contribution is -2.32. The van der Waals surface area contributed by atoms with E-state index in [1.54, 1.807) is 13.8 Å². The van der Waals surface area contributed by atoms with Gasteiger partial charge in [0.1, 0.15) is 0 Å². The first-order valence-electron chi connectivity index (χ1n) is 4.58. The smallest absolute Gasteiger partial charge is 0.334 e. The molecule has 0 aromatic heterocycles. The monoisotopic (exact) mass is 230 g/mol. The van der Waals surface area contributed by atoms with Gasteiger partial charge in [0.15, 0.2) is 0 Å². The van der Waals surface area contributed by atoms with E-state index in [4.69, 9.17) is 11.5 Å². The minimum atomic E-state index is -0.568. The molecule has 16 heavy (non-hydrogen) atoms. The van der Waals surface area contributed by atoms with Crippen molar-refractivity contribution < 1.29 is 19.3 Å². The third-order valence-electron chi connectivity index (χ3n) is 1.33. The number of hydrogen-bond acceptors (Lipinski definition) is 6. The molecule has 0 aliphatic carbocycles. The van der Waals surface area contributed by atoms with Crippen LogP contribution in [0.2, 0.25) is 0 Å². The van der Waals surface area contributed by atoms with Crippen LogP contribution in [0.1, 0.15) is 26.7 Å². The van der Waals surface area contributed by atoms with Crippen LogP contribution in [0.25, 0.3) is 0 Å². The third-order valence-corrected chi connectivity index (χ3v) is 1.33. The molecule has 0 spiro atoms. The van der Waals surface area contributed by atoms with Gasteiger partial charge >= 0.3 is 11.9 Å². The van der Waals surface area contributed by atoms with Crippen molar-refractivity contribution in [3.05, 3.63) is 0 Å². The van der Waals surface area contributed by atoms with Crippen LogP contribution in [0.5, 0.6) is 0 Å². The lowest BCUT2D eigenvalue weighted by atomic mass is 10.5. The molecule has 0 aliphatic heterocycles. The number of carbonyl (C=O) groups is 2. The molecule has 0 saturated carbocycles. The molecule has 90 valence electrons. The van der Waals surface area contributed by atoms with E-state index in [1.807, 2.05) is 0 Å². The zero-order valence-corrected chi connectivity index (χ0v) is 9.10. The van der Waals surface area contributed by atoms with Crippen molar-refractivity contribution in [3.63, 3.8) is 0 Å². The van der Waals surface area contributed by atoms with Gasteiger partial charge in [-0.1, -0.05) is 24.2 Å². The van der Waals surface area contributed by atoms with E-state index in [2.05, 4.69) is 20.0 Å². The number of hydrogen-bond donors (Lipinski definition) is 2. The molecule has 0 aliphatic rings. The molecule has 0 heterocycles. The second-order valence-electron chi connectivity index (χ2n) is 2.59. The molecule has 4 N–H and O–H groups in total. The van der Waals surface area contributed by atoms with Crippen LogP contribution in [0, 0.1) is 0 Å². The van der Waals surface area contributed by atoms with E-state index < -0.39 is 11.9 Å². The van der Waals surface area contributed by atoms with Crippen molar-refractivity contribution in [1.82, 2.24) is 0 Å². The molecule has 0 rings (SSSR count). The van der Waals surface area contributed by atoms with Crippen LogP contribution in [0.4, 0.5) is 0 Å². The topological polar surface area (TPSA) is 129 Å². The number of nitrogens with zero attached hydrogens (tertiary/aromatic N) is 2. The van der Waals surface area contributed by atoms with Gasteiger partial charge in [-0.15, -0.1) is 0 Å². The normalized spacial score (nSPS) is 12.1. The standard InChI is InChI=1S/C8H14N4O4/c1-3-5(13)15-11-7(9)8(10)12-16-6(14)4-2/h3-4H2,1-2H3,(H2,9,11)(H2,10,12). The van der Waals surface area contributed by atoms with Gasteiger partial charge in [-0.05, 0) is 0 Å². The zero-order valence-electron chi connectivity index (χ0n) is 9.10. The van der Waals surface area contributed by atoms with Gasteiger partial charge in [0, 0.05) is 12.8 Å². The Morgan fingerprint density at radius 3 is 1.50 bits per heavy atom. The van der Waals surface area contributed by atoms with E-state index in [1.165, 1.54) is 0 Å². The van der Waals surface area contributed by atoms with Gasteiger partial charge in [-0.2, -0.15) is 0 Å². The maximum Gasteiger partial charge on any atom is 0.334 e. The van der Waals surface area contributed by atoms with Gasteiger partial charge < -0.3 is 21.1 Å². The molecule has 8 nitrogen and oxygen atoms in total. The van der Waals surface area contributed by atoms with Gasteiger partial charge in [-0.25, -0.2) is 9.59 Å². The number of carbonyl (C=O) groups excluding carboxylic acids is 2. The molecule has 0 unspecified atom stereocenters. The average molecular weight is 230 g/mol. The van der Waals surface area contributed by atoms with Crippen LogP contribution in [0.15, 0.2) is 10.3 Å². The average Bonchev–Trinajstić information content (AvgIpc) is 2.31. The van der Waals surface area contributed by atoms with Crippen LogP contribution >= 0.6 is 0 Å². The lowest BCUT2D eigenvalue weighted by molar-refractivity contribution is -0.144. The molecular formula is C8H14N4O4. The minimum absolute atomic E-state index is 0.151. The zero-order chi connectivity index (χ0) is 12.6. The van der Waals surface area contributed by atoms with Crippen molar-refractivity contribution in [2.75, 3.05) is 0 Å². The summed E-state index contributed by atoms with van der Waals surface area (Å²) in [5, 5.41) is 6.39. The molecule has 0 bridgehead atoms. The Morgan fingerprint density at radius 2 is 1.25 bits per heavy atom. The van der Waals surface area contributed by atoms with E-state index in [0.717, 1.165) is 0 Å².